The largest absolute Gasteiger partial charge is 0.451 e. The number of anilines is 1. The lowest BCUT2D eigenvalue weighted by Gasteiger charge is -2.32. The first-order valence-electron chi connectivity index (χ1n) is 11.3. The van der Waals surface area contributed by atoms with E-state index >= 15 is 0 Å². The number of halogens is 1. The highest BCUT2D eigenvalue weighted by Crippen LogP contribution is 2.26. The van der Waals surface area contributed by atoms with Gasteiger partial charge in [-0.3, -0.25) is 20.1 Å². The van der Waals surface area contributed by atoms with Gasteiger partial charge in [-0.1, -0.05) is 32.0 Å². The molecular weight excluding hydrogens is 498 g/mol. The van der Waals surface area contributed by atoms with Gasteiger partial charge in [0.25, 0.3) is 0 Å². The molecule has 0 bridgehead atoms. The fraction of sp³-hybridized carbons (Fsp3) is 0.417. The molecule has 2 aromatic heterocycles. The summed E-state index contributed by atoms with van der Waals surface area (Å²) in [6.45, 7) is 9.42. The third kappa shape index (κ3) is 5.55. The summed E-state index contributed by atoms with van der Waals surface area (Å²) >= 11 is 3.43. The maximum atomic E-state index is 13.2. The number of para-hydroxylation sites is 1. The number of fused-ring (bicyclic) bond motifs is 1. The summed E-state index contributed by atoms with van der Waals surface area (Å²) in [5.41, 5.74) is 4.70. The number of nitriles is 1. The van der Waals surface area contributed by atoms with E-state index in [2.05, 4.69) is 54.2 Å². The van der Waals surface area contributed by atoms with Crippen LogP contribution < -0.4 is 10.4 Å². The van der Waals surface area contributed by atoms with Crippen molar-refractivity contribution < 1.29 is 9.21 Å². The molecule has 1 aliphatic rings. The average molecular weight is 526 g/mol. The molecule has 34 heavy (non-hydrogen) atoms. The van der Waals surface area contributed by atoms with Crippen LogP contribution in [-0.2, 0) is 6.54 Å². The van der Waals surface area contributed by atoms with Crippen LogP contribution >= 0.6 is 15.9 Å². The van der Waals surface area contributed by atoms with Crippen molar-refractivity contribution in [1.29, 1.82) is 5.26 Å². The van der Waals surface area contributed by atoms with Gasteiger partial charge in [0, 0.05) is 56.4 Å². The van der Waals surface area contributed by atoms with Crippen molar-refractivity contribution in [3.05, 3.63) is 52.1 Å². The standard InChI is InChI=1S/C24H28BrN7O2/c1-16(2)14-32(23-19(25)13-27-21(12-26)28-23)29-24(33)20-11-17-5-4-6-18(22(17)34-20)15-31-9-7-30(3)8-10-31/h4-6,11,13,16H,7-10,14-15H2,1-3H3,(H,29,33). The Morgan fingerprint density at radius 3 is 2.79 bits per heavy atom. The Morgan fingerprint density at radius 1 is 1.32 bits per heavy atom. The number of hydrogen-bond donors (Lipinski definition) is 1. The predicted octanol–water partition coefficient (Wildman–Crippen LogP) is 3.41. The zero-order valence-corrected chi connectivity index (χ0v) is 21.2. The second kappa shape index (κ2) is 10.5. The Labute approximate surface area is 207 Å². The smallest absolute Gasteiger partial charge is 0.305 e. The Bertz CT molecular complexity index is 1210. The highest BCUT2D eigenvalue weighted by atomic mass is 79.9. The van der Waals surface area contributed by atoms with E-state index < -0.39 is 0 Å². The van der Waals surface area contributed by atoms with Crippen LogP contribution in [0.3, 0.4) is 0 Å². The molecule has 4 rings (SSSR count). The zero-order chi connectivity index (χ0) is 24.2. The number of hydrogen-bond acceptors (Lipinski definition) is 8. The van der Waals surface area contributed by atoms with E-state index in [9.17, 15) is 10.1 Å². The summed E-state index contributed by atoms with van der Waals surface area (Å²) in [6, 6.07) is 9.71. The first kappa shape index (κ1) is 24.1. The van der Waals surface area contributed by atoms with Crippen molar-refractivity contribution in [2.75, 3.05) is 44.8 Å². The molecule has 10 heteroatoms. The minimum Gasteiger partial charge on any atom is -0.451 e. The highest BCUT2D eigenvalue weighted by molar-refractivity contribution is 9.10. The molecule has 1 N–H and O–H groups in total. The van der Waals surface area contributed by atoms with E-state index in [1.165, 1.54) is 6.20 Å². The number of amides is 1. The summed E-state index contributed by atoms with van der Waals surface area (Å²) in [7, 11) is 2.14. The number of benzene rings is 1. The van der Waals surface area contributed by atoms with Crippen molar-refractivity contribution in [3.63, 3.8) is 0 Å². The summed E-state index contributed by atoms with van der Waals surface area (Å²) in [5, 5.41) is 11.7. The number of aromatic nitrogens is 2. The van der Waals surface area contributed by atoms with Crippen LogP contribution in [0.15, 0.2) is 39.4 Å². The molecule has 0 saturated carbocycles. The number of carbonyl (C=O) groups excluding carboxylic acids is 1. The van der Waals surface area contributed by atoms with Crippen LogP contribution in [0.25, 0.3) is 11.0 Å². The molecule has 0 spiro atoms. The lowest BCUT2D eigenvalue weighted by Crippen LogP contribution is -2.45. The van der Waals surface area contributed by atoms with Crippen molar-refractivity contribution >= 4 is 38.6 Å². The van der Waals surface area contributed by atoms with Crippen LogP contribution in [-0.4, -0.2) is 65.4 Å². The second-order valence-corrected chi connectivity index (χ2v) is 9.80. The van der Waals surface area contributed by atoms with Crippen molar-refractivity contribution in [2.45, 2.75) is 20.4 Å². The molecule has 1 aliphatic heterocycles. The second-order valence-electron chi connectivity index (χ2n) is 8.95. The quantitative estimate of drug-likeness (QED) is 0.468. The molecule has 178 valence electrons. The van der Waals surface area contributed by atoms with Gasteiger partial charge in [-0.25, -0.2) is 4.98 Å². The summed E-state index contributed by atoms with van der Waals surface area (Å²) in [5.74, 6) is 0.504. The number of nitrogens with one attached hydrogen (secondary N) is 1. The molecular formula is C24H28BrN7O2. The van der Waals surface area contributed by atoms with Crippen LogP contribution in [0.1, 0.15) is 35.8 Å². The van der Waals surface area contributed by atoms with Gasteiger partial charge in [-0.05, 0) is 35.0 Å². The fourth-order valence-electron chi connectivity index (χ4n) is 3.94. The number of nitrogens with zero attached hydrogens (tertiary/aromatic N) is 6. The molecule has 9 nitrogen and oxygen atoms in total. The van der Waals surface area contributed by atoms with E-state index in [0.717, 1.165) is 49.3 Å². The predicted molar refractivity (Wildman–Crippen MR) is 133 cm³/mol. The van der Waals surface area contributed by atoms with Gasteiger partial charge in [0.05, 0.1) is 4.47 Å². The lowest BCUT2D eigenvalue weighted by atomic mass is 10.1. The number of piperazine rings is 1. The molecule has 0 radical (unpaired) electrons. The summed E-state index contributed by atoms with van der Waals surface area (Å²) in [6.07, 6.45) is 1.51. The van der Waals surface area contributed by atoms with Crippen molar-refractivity contribution in [3.8, 4) is 6.07 Å². The molecule has 3 aromatic rings. The van der Waals surface area contributed by atoms with Gasteiger partial charge in [0.2, 0.25) is 5.82 Å². The lowest BCUT2D eigenvalue weighted by molar-refractivity contribution is 0.0921. The van der Waals surface area contributed by atoms with Crippen molar-refractivity contribution in [1.82, 2.24) is 25.2 Å². The Kier molecular flexibility index (Phi) is 7.46. The van der Waals surface area contributed by atoms with Crippen molar-refractivity contribution in [2.24, 2.45) is 5.92 Å². The maximum absolute atomic E-state index is 13.2. The van der Waals surface area contributed by atoms with E-state index in [-0.39, 0.29) is 23.4 Å². The number of rotatable bonds is 7. The molecule has 0 unspecified atom stereocenters. The number of likely N-dealkylation sites (N-methyl/N-ethyl adjacent to an activating group) is 1. The SMILES string of the molecule is CC(C)CN(NC(=O)c1cc2cccc(CN3CCN(C)CC3)c2o1)c1nc(C#N)ncc1Br. The first-order valence-corrected chi connectivity index (χ1v) is 12.1. The number of hydrazine groups is 1. The van der Waals surface area contributed by atoms with E-state index in [1.54, 1.807) is 11.1 Å². The molecule has 1 amide bonds. The molecule has 0 atom stereocenters. The summed E-state index contributed by atoms with van der Waals surface area (Å²) < 4.78 is 6.64. The highest BCUT2D eigenvalue weighted by Gasteiger charge is 2.22. The minimum atomic E-state index is -0.383. The monoisotopic (exact) mass is 525 g/mol. The third-order valence-corrected chi connectivity index (χ3v) is 6.26. The van der Waals surface area contributed by atoms with Gasteiger partial charge < -0.3 is 9.32 Å². The molecule has 0 aliphatic carbocycles. The minimum absolute atomic E-state index is 0.0264. The Hall–Kier alpha value is -3.00. The van der Waals surface area contributed by atoms with Gasteiger partial charge >= 0.3 is 5.91 Å². The van der Waals surface area contributed by atoms with Crippen LogP contribution in [0, 0.1) is 17.2 Å². The third-order valence-electron chi connectivity index (χ3n) is 5.70. The summed E-state index contributed by atoms with van der Waals surface area (Å²) in [4.78, 5) is 26.2. The van der Waals surface area contributed by atoms with Gasteiger partial charge in [0.1, 0.15) is 11.7 Å². The topological polar surface area (TPSA) is 102 Å². The number of furan rings is 1. The normalized spacial score (nSPS) is 14.9. The molecule has 1 aromatic carbocycles. The van der Waals surface area contributed by atoms with Gasteiger partial charge in [0.15, 0.2) is 11.6 Å². The maximum Gasteiger partial charge on any atom is 0.305 e. The van der Waals surface area contributed by atoms with E-state index in [4.69, 9.17) is 4.42 Å². The van der Waals surface area contributed by atoms with E-state index in [0.29, 0.717) is 16.8 Å². The number of carbonyl (C=O) groups is 1. The molecule has 3 heterocycles. The first-order chi connectivity index (χ1) is 16.3. The Balaban J connectivity index is 1.57. The van der Waals surface area contributed by atoms with E-state index in [1.807, 2.05) is 32.0 Å². The molecule has 1 fully saturated rings. The van der Waals surface area contributed by atoms with Crippen LogP contribution in [0.2, 0.25) is 0 Å². The zero-order valence-electron chi connectivity index (χ0n) is 19.6. The van der Waals surface area contributed by atoms with Crippen LogP contribution in [0.4, 0.5) is 5.82 Å². The van der Waals surface area contributed by atoms with Crippen LogP contribution in [0.5, 0.6) is 0 Å². The fourth-order valence-corrected chi connectivity index (χ4v) is 4.34. The molecule has 1 saturated heterocycles. The average Bonchev–Trinajstić information content (AvgIpc) is 3.26. The van der Waals surface area contributed by atoms with Gasteiger partial charge in [-0.2, -0.15) is 10.2 Å². The van der Waals surface area contributed by atoms with Gasteiger partial charge in [-0.15, -0.1) is 0 Å². The Morgan fingerprint density at radius 2 is 2.09 bits per heavy atom.